The van der Waals surface area contributed by atoms with E-state index in [2.05, 4.69) is 17.4 Å². The summed E-state index contributed by atoms with van der Waals surface area (Å²) in [6.45, 7) is 1.78. The predicted octanol–water partition coefficient (Wildman–Crippen LogP) is -0.667. The number of rotatable bonds is 3. The molecular formula is C5H9NO3S. The van der Waals surface area contributed by atoms with Crippen LogP contribution in [0.1, 0.15) is 6.92 Å². The van der Waals surface area contributed by atoms with Gasteiger partial charge in [-0.1, -0.05) is 0 Å². The van der Waals surface area contributed by atoms with Crippen LogP contribution in [0.15, 0.2) is 0 Å². The highest BCUT2D eigenvalue weighted by Crippen LogP contribution is 1.89. The van der Waals surface area contributed by atoms with E-state index in [9.17, 15) is 9.59 Å². The zero-order chi connectivity index (χ0) is 8.15. The van der Waals surface area contributed by atoms with Crippen molar-refractivity contribution in [2.45, 2.75) is 12.3 Å². The van der Waals surface area contributed by atoms with Gasteiger partial charge in [0.15, 0.2) is 0 Å². The largest absolute Gasteiger partial charge is 0.460 e. The SMILES string of the molecule is CCOC(=O)C(=O)C(N)S. The molecule has 0 spiro atoms. The Hall–Kier alpha value is -0.550. The predicted molar refractivity (Wildman–Crippen MR) is 38.6 cm³/mol. The van der Waals surface area contributed by atoms with Crippen molar-refractivity contribution < 1.29 is 14.3 Å². The maximum atomic E-state index is 10.6. The summed E-state index contributed by atoms with van der Waals surface area (Å²) in [5, 5.41) is -1.07. The van der Waals surface area contributed by atoms with E-state index in [1.165, 1.54) is 0 Å². The molecular weight excluding hydrogens is 154 g/mol. The lowest BCUT2D eigenvalue weighted by Crippen LogP contribution is -2.32. The molecule has 4 nitrogen and oxygen atoms in total. The molecule has 1 atom stereocenters. The standard InChI is InChI=1S/C5H9NO3S/c1-2-9-5(8)3(7)4(6)10/h4,10H,2,6H2,1H3. The van der Waals surface area contributed by atoms with Gasteiger partial charge < -0.3 is 10.5 Å². The number of esters is 1. The van der Waals surface area contributed by atoms with Gasteiger partial charge in [-0.05, 0) is 6.92 Å². The lowest BCUT2D eigenvalue weighted by molar-refractivity contribution is -0.153. The van der Waals surface area contributed by atoms with Crippen LogP contribution >= 0.6 is 12.6 Å². The zero-order valence-electron chi connectivity index (χ0n) is 5.53. The van der Waals surface area contributed by atoms with E-state index in [4.69, 9.17) is 5.73 Å². The Balaban J connectivity index is 3.83. The average molecular weight is 163 g/mol. The number of carbonyl (C=O) groups excluding carboxylic acids is 2. The second-order valence-corrected chi connectivity index (χ2v) is 2.09. The van der Waals surface area contributed by atoms with Gasteiger partial charge in [0.25, 0.3) is 5.78 Å². The van der Waals surface area contributed by atoms with Crippen molar-refractivity contribution in [3.63, 3.8) is 0 Å². The van der Waals surface area contributed by atoms with E-state index in [1.807, 2.05) is 0 Å². The number of Topliss-reactive ketones (excluding diaryl/α,β-unsaturated/α-hetero) is 1. The summed E-state index contributed by atoms with van der Waals surface area (Å²) < 4.78 is 4.35. The number of ketones is 1. The molecule has 0 bridgehead atoms. The molecule has 0 radical (unpaired) electrons. The summed E-state index contributed by atoms with van der Waals surface area (Å²) in [6, 6.07) is 0. The first-order valence-electron chi connectivity index (χ1n) is 2.74. The fraction of sp³-hybridized carbons (Fsp3) is 0.600. The molecule has 0 aliphatic rings. The molecule has 0 aromatic carbocycles. The molecule has 5 heteroatoms. The van der Waals surface area contributed by atoms with Gasteiger partial charge in [0.1, 0.15) is 5.37 Å². The molecule has 1 unspecified atom stereocenters. The summed E-state index contributed by atoms with van der Waals surface area (Å²) in [4.78, 5) is 21.0. The topological polar surface area (TPSA) is 69.4 Å². The minimum Gasteiger partial charge on any atom is -0.460 e. The highest BCUT2D eigenvalue weighted by atomic mass is 32.1. The summed E-state index contributed by atoms with van der Waals surface area (Å²) in [5.74, 6) is -1.74. The second-order valence-electron chi connectivity index (χ2n) is 1.53. The van der Waals surface area contributed by atoms with Crippen LogP contribution in [0.25, 0.3) is 0 Å². The summed E-state index contributed by atoms with van der Waals surface area (Å²) in [5.41, 5.74) is 4.98. The van der Waals surface area contributed by atoms with Crippen molar-refractivity contribution in [1.82, 2.24) is 0 Å². The molecule has 58 valence electrons. The van der Waals surface area contributed by atoms with Gasteiger partial charge in [0.2, 0.25) is 0 Å². The van der Waals surface area contributed by atoms with E-state index in [0.29, 0.717) is 0 Å². The van der Waals surface area contributed by atoms with Gasteiger partial charge in [0.05, 0.1) is 6.61 Å². The molecule has 0 heterocycles. The fourth-order valence-corrected chi connectivity index (χ4v) is 0.428. The Morgan fingerprint density at radius 2 is 2.20 bits per heavy atom. The van der Waals surface area contributed by atoms with Gasteiger partial charge in [-0.3, -0.25) is 4.79 Å². The van der Waals surface area contributed by atoms with Crippen molar-refractivity contribution in [2.75, 3.05) is 6.61 Å². The maximum Gasteiger partial charge on any atom is 0.377 e. The van der Waals surface area contributed by atoms with Crippen LogP contribution in [-0.4, -0.2) is 23.7 Å². The Labute approximate surface area is 64.1 Å². The second kappa shape index (κ2) is 4.29. The quantitative estimate of drug-likeness (QED) is 0.251. The summed E-state index contributed by atoms with van der Waals surface area (Å²) in [6.07, 6.45) is 0. The van der Waals surface area contributed by atoms with Gasteiger partial charge in [-0.15, -0.1) is 0 Å². The molecule has 2 N–H and O–H groups in total. The first kappa shape index (κ1) is 9.45. The van der Waals surface area contributed by atoms with Gasteiger partial charge >= 0.3 is 5.97 Å². The van der Waals surface area contributed by atoms with E-state index in [-0.39, 0.29) is 6.61 Å². The lowest BCUT2D eigenvalue weighted by Gasteiger charge is -2.01. The normalized spacial score (nSPS) is 12.3. The number of carbonyl (C=O) groups is 2. The molecule has 0 rings (SSSR count). The van der Waals surface area contributed by atoms with Gasteiger partial charge in [-0.2, -0.15) is 12.6 Å². The number of nitrogens with two attached hydrogens (primary N) is 1. The molecule has 10 heavy (non-hydrogen) atoms. The smallest absolute Gasteiger partial charge is 0.377 e. The zero-order valence-corrected chi connectivity index (χ0v) is 6.43. The minimum atomic E-state index is -1.07. The van der Waals surface area contributed by atoms with E-state index < -0.39 is 17.1 Å². The van der Waals surface area contributed by atoms with Gasteiger partial charge in [0, 0.05) is 0 Å². The van der Waals surface area contributed by atoms with Crippen molar-refractivity contribution in [1.29, 1.82) is 0 Å². The summed E-state index contributed by atoms with van der Waals surface area (Å²) in [7, 11) is 0. The molecule has 0 aromatic rings. The van der Waals surface area contributed by atoms with Crippen LogP contribution in [0, 0.1) is 0 Å². The van der Waals surface area contributed by atoms with E-state index >= 15 is 0 Å². The van der Waals surface area contributed by atoms with Crippen LogP contribution in [0.4, 0.5) is 0 Å². The van der Waals surface area contributed by atoms with Gasteiger partial charge in [-0.25, -0.2) is 4.79 Å². The Morgan fingerprint density at radius 1 is 1.70 bits per heavy atom. The van der Waals surface area contributed by atoms with Crippen molar-refractivity contribution in [3.8, 4) is 0 Å². The van der Waals surface area contributed by atoms with Crippen LogP contribution in [0.2, 0.25) is 0 Å². The monoisotopic (exact) mass is 163 g/mol. The molecule has 0 saturated heterocycles. The maximum absolute atomic E-state index is 10.6. The van der Waals surface area contributed by atoms with Crippen LogP contribution in [0.5, 0.6) is 0 Å². The number of hydrogen-bond acceptors (Lipinski definition) is 5. The number of thiol groups is 1. The fourth-order valence-electron chi connectivity index (χ4n) is 0.323. The van der Waals surface area contributed by atoms with Crippen molar-refractivity contribution in [3.05, 3.63) is 0 Å². The van der Waals surface area contributed by atoms with E-state index in [0.717, 1.165) is 0 Å². The highest BCUT2D eigenvalue weighted by molar-refractivity contribution is 7.81. The Kier molecular flexibility index (Phi) is 4.06. The molecule has 0 aromatic heterocycles. The third-order valence-corrected chi connectivity index (χ3v) is 0.980. The summed E-state index contributed by atoms with van der Waals surface area (Å²) >= 11 is 3.55. The highest BCUT2D eigenvalue weighted by Gasteiger charge is 2.19. The third-order valence-electron chi connectivity index (χ3n) is 0.745. The average Bonchev–Trinajstić information content (AvgIpc) is 1.87. The van der Waals surface area contributed by atoms with Crippen molar-refractivity contribution in [2.24, 2.45) is 5.73 Å². The molecule has 0 fully saturated rings. The van der Waals surface area contributed by atoms with Crippen LogP contribution < -0.4 is 5.73 Å². The molecule has 0 aliphatic heterocycles. The first-order chi connectivity index (χ1) is 4.59. The minimum absolute atomic E-state index is 0.172. The first-order valence-corrected chi connectivity index (χ1v) is 3.25. The van der Waals surface area contributed by atoms with Crippen molar-refractivity contribution >= 4 is 24.4 Å². The number of ether oxygens (including phenoxy) is 1. The van der Waals surface area contributed by atoms with E-state index in [1.54, 1.807) is 6.92 Å². The molecule has 0 saturated carbocycles. The molecule has 0 amide bonds. The van der Waals surface area contributed by atoms with Crippen LogP contribution in [0.3, 0.4) is 0 Å². The Morgan fingerprint density at radius 3 is 2.50 bits per heavy atom. The van der Waals surface area contributed by atoms with Crippen LogP contribution in [-0.2, 0) is 14.3 Å². The lowest BCUT2D eigenvalue weighted by atomic mass is 10.4. The third kappa shape index (κ3) is 2.84. The Bertz CT molecular complexity index is 146. The molecule has 0 aliphatic carbocycles. The number of hydrogen-bond donors (Lipinski definition) is 2.